The van der Waals surface area contributed by atoms with Crippen LogP contribution in [0.15, 0.2) is 54.6 Å². The monoisotopic (exact) mass is 561 g/mol. The average molecular weight is 562 g/mol. The summed E-state index contributed by atoms with van der Waals surface area (Å²) in [6.45, 7) is 7.76. The van der Waals surface area contributed by atoms with Gasteiger partial charge in [-0.1, -0.05) is 36.4 Å². The molecule has 1 fully saturated rings. The Morgan fingerprint density at radius 1 is 1.05 bits per heavy atom. The van der Waals surface area contributed by atoms with Gasteiger partial charge in [-0.25, -0.2) is 13.5 Å². The van der Waals surface area contributed by atoms with Gasteiger partial charge in [0.1, 0.15) is 22.4 Å². The predicted molar refractivity (Wildman–Crippen MR) is 159 cm³/mol. The van der Waals surface area contributed by atoms with E-state index in [0.717, 1.165) is 65.9 Å². The minimum Gasteiger partial charge on any atom is -0.496 e. The van der Waals surface area contributed by atoms with E-state index in [-0.39, 0.29) is 18.6 Å². The van der Waals surface area contributed by atoms with Crippen molar-refractivity contribution in [3.05, 3.63) is 71.4 Å². The fourth-order valence-corrected chi connectivity index (χ4v) is 7.18. The van der Waals surface area contributed by atoms with Crippen molar-refractivity contribution < 1.29 is 18.8 Å². The van der Waals surface area contributed by atoms with Gasteiger partial charge in [-0.2, -0.15) is 0 Å². The maximum Gasteiger partial charge on any atom is 0.272 e. The molecule has 0 saturated carbocycles. The van der Waals surface area contributed by atoms with Gasteiger partial charge >= 0.3 is 0 Å². The molecule has 2 aliphatic heterocycles. The number of aliphatic hydroxyl groups is 1. The first-order chi connectivity index (χ1) is 19.2. The van der Waals surface area contributed by atoms with Crippen molar-refractivity contribution in [3.8, 4) is 28.1 Å². The summed E-state index contributed by atoms with van der Waals surface area (Å²) in [4.78, 5) is 20.6. The summed E-state index contributed by atoms with van der Waals surface area (Å²) >= 11 is 0. The zero-order valence-electron chi connectivity index (χ0n) is 23.9. The van der Waals surface area contributed by atoms with Gasteiger partial charge in [0.15, 0.2) is 0 Å². The number of pyridine rings is 1. The summed E-state index contributed by atoms with van der Waals surface area (Å²) < 4.78 is 20.8. The fraction of sp³-hybridized carbons (Fsp3) is 0.438. The van der Waals surface area contributed by atoms with Crippen LogP contribution in [-0.4, -0.2) is 61.0 Å². The van der Waals surface area contributed by atoms with Crippen molar-refractivity contribution in [1.82, 2.24) is 14.2 Å². The number of ether oxygens (including phenoxy) is 1. The van der Waals surface area contributed by atoms with E-state index in [4.69, 9.17) is 9.72 Å². The van der Waals surface area contributed by atoms with Crippen LogP contribution in [0.1, 0.15) is 74.1 Å². The van der Waals surface area contributed by atoms with Crippen molar-refractivity contribution in [2.45, 2.75) is 63.8 Å². The Bertz CT molecular complexity index is 1410. The number of nitrogens with zero attached hydrogens (tertiary/aromatic N) is 3. The second-order valence-electron chi connectivity index (χ2n) is 11.5. The van der Waals surface area contributed by atoms with Gasteiger partial charge < -0.3 is 14.7 Å². The lowest BCUT2D eigenvalue weighted by Crippen LogP contribution is -2.36. The molecule has 0 radical (unpaired) electrons. The van der Waals surface area contributed by atoms with E-state index in [2.05, 4.69) is 6.07 Å². The van der Waals surface area contributed by atoms with Crippen LogP contribution in [0.25, 0.3) is 22.4 Å². The molecule has 2 atom stereocenters. The van der Waals surface area contributed by atoms with Gasteiger partial charge in [0.05, 0.1) is 23.6 Å². The van der Waals surface area contributed by atoms with Crippen LogP contribution in [0.2, 0.25) is 0 Å². The lowest BCUT2D eigenvalue weighted by Gasteiger charge is -2.30. The molecule has 1 saturated heterocycles. The molecule has 1 aromatic heterocycles. The van der Waals surface area contributed by atoms with E-state index >= 15 is 0 Å². The molecule has 1 unspecified atom stereocenters. The number of carbonyl (C=O) groups is 1. The minimum absolute atomic E-state index is 0.0445. The number of likely N-dealkylation sites (tertiary alicyclic amines) is 1. The first-order valence-electron chi connectivity index (χ1n) is 14.1. The molecule has 1 N–H and O–H groups in total. The molecule has 0 aliphatic carbocycles. The van der Waals surface area contributed by atoms with E-state index in [0.29, 0.717) is 24.4 Å². The van der Waals surface area contributed by atoms with Gasteiger partial charge in [-0.15, -0.1) is 0 Å². The second-order valence-corrected chi connectivity index (χ2v) is 13.7. The lowest BCUT2D eigenvalue weighted by molar-refractivity contribution is 0.0718. The Morgan fingerprint density at radius 3 is 2.48 bits per heavy atom. The number of amides is 1. The number of aromatic nitrogens is 1. The normalized spacial score (nSPS) is 18.4. The third-order valence-corrected chi connectivity index (χ3v) is 9.56. The van der Waals surface area contributed by atoms with Crippen LogP contribution >= 0.6 is 0 Å². The van der Waals surface area contributed by atoms with Crippen LogP contribution in [-0.2, 0) is 17.5 Å². The summed E-state index contributed by atoms with van der Waals surface area (Å²) in [5.41, 5.74) is 5.84. The molecular weight excluding hydrogens is 522 g/mol. The second kappa shape index (κ2) is 11.8. The molecule has 7 nitrogen and oxygen atoms in total. The van der Waals surface area contributed by atoms with Crippen LogP contribution in [0.3, 0.4) is 0 Å². The quantitative estimate of drug-likeness (QED) is 0.397. The van der Waals surface area contributed by atoms with Gasteiger partial charge in [0, 0.05) is 42.9 Å². The summed E-state index contributed by atoms with van der Waals surface area (Å²) in [6, 6.07) is 17.6. The number of aliphatic hydroxyl groups excluding tert-OH is 1. The number of para-hydroxylation sites is 1. The van der Waals surface area contributed by atoms with Crippen LogP contribution in [0.4, 0.5) is 0 Å². The Labute approximate surface area is 239 Å². The number of hydrogen-bond donors (Lipinski definition) is 1. The molecule has 2 aliphatic rings. The van der Waals surface area contributed by atoms with Crippen molar-refractivity contribution in [3.63, 3.8) is 0 Å². The molecule has 1 amide bonds. The molecule has 0 spiro atoms. The Hall–Kier alpha value is -3.07. The van der Waals surface area contributed by atoms with Crippen molar-refractivity contribution in [2.75, 3.05) is 26.8 Å². The standard InChI is InChI=1S/C32H39N3O4S/c1-32(2,3)40(38)35-21-24-20-26(31(37)34-16-8-5-9-17-34)33-30(29(24)27(35)15-18-36)23-12-10-11-22(19-23)25-13-6-7-14-28(25)39-4/h6-7,10-14,19-20,27,36H,5,8-9,15-18,21H2,1-4H3/t27-,40?/m0/s1. The highest BCUT2D eigenvalue weighted by Crippen LogP contribution is 2.44. The number of fused-ring (bicyclic) bond motifs is 1. The van der Waals surface area contributed by atoms with Crippen molar-refractivity contribution >= 4 is 16.9 Å². The molecule has 40 heavy (non-hydrogen) atoms. The van der Waals surface area contributed by atoms with Gasteiger partial charge in [0.25, 0.3) is 5.91 Å². The van der Waals surface area contributed by atoms with E-state index < -0.39 is 15.7 Å². The number of hydrogen-bond acceptors (Lipinski definition) is 5. The van der Waals surface area contributed by atoms with Crippen molar-refractivity contribution in [1.29, 1.82) is 0 Å². The SMILES string of the molecule is COc1ccccc1-c1cccc(-c2nc(C(=O)N3CCCCC3)cc3c2[C@H](CCO)N(S(=O)C(C)(C)C)C3)c1. The fourth-order valence-electron chi connectivity index (χ4n) is 5.77. The first kappa shape index (κ1) is 28.5. The molecule has 5 rings (SSSR count). The topological polar surface area (TPSA) is 83.0 Å². The van der Waals surface area contributed by atoms with Gasteiger partial charge in [-0.05, 0) is 75.8 Å². The minimum atomic E-state index is -1.31. The zero-order valence-corrected chi connectivity index (χ0v) is 24.7. The molecule has 2 aromatic carbocycles. The third-order valence-electron chi connectivity index (χ3n) is 7.71. The number of benzene rings is 2. The van der Waals surface area contributed by atoms with Crippen LogP contribution < -0.4 is 4.74 Å². The average Bonchev–Trinajstić information content (AvgIpc) is 3.34. The molecule has 0 bridgehead atoms. The summed E-state index contributed by atoms with van der Waals surface area (Å²) in [7, 11) is 0.350. The van der Waals surface area contributed by atoms with E-state index in [9.17, 15) is 14.1 Å². The van der Waals surface area contributed by atoms with E-state index in [1.165, 1.54) is 0 Å². The smallest absolute Gasteiger partial charge is 0.272 e. The third kappa shape index (κ3) is 5.57. The predicted octanol–water partition coefficient (Wildman–Crippen LogP) is 5.75. The first-order valence-corrected chi connectivity index (χ1v) is 15.2. The highest BCUT2D eigenvalue weighted by Gasteiger charge is 2.40. The Kier molecular flexibility index (Phi) is 8.40. The number of carbonyl (C=O) groups excluding carboxylic acids is 1. The summed E-state index contributed by atoms with van der Waals surface area (Å²) in [5, 5.41) is 10.1. The van der Waals surface area contributed by atoms with Gasteiger partial charge in [-0.3, -0.25) is 4.79 Å². The Morgan fingerprint density at radius 2 is 1.77 bits per heavy atom. The maximum absolute atomic E-state index is 13.7. The molecule has 8 heteroatoms. The van der Waals surface area contributed by atoms with Crippen molar-refractivity contribution in [2.24, 2.45) is 0 Å². The number of piperidine rings is 1. The van der Waals surface area contributed by atoms with E-state index in [1.807, 2.05) is 78.5 Å². The zero-order chi connectivity index (χ0) is 28.4. The van der Waals surface area contributed by atoms with Gasteiger partial charge in [0.2, 0.25) is 0 Å². The molecular formula is C32H39N3O4S. The summed E-state index contributed by atoms with van der Waals surface area (Å²) in [6.07, 6.45) is 3.57. The number of rotatable bonds is 7. The molecule has 3 heterocycles. The van der Waals surface area contributed by atoms with Crippen LogP contribution in [0.5, 0.6) is 5.75 Å². The highest BCUT2D eigenvalue weighted by atomic mass is 32.2. The van der Waals surface area contributed by atoms with Crippen LogP contribution in [0, 0.1) is 0 Å². The Balaban J connectivity index is 1.67. The molecule has 212 valence electrons. The van der Waals surface area contributed by atoms with E-state index in [1.54, 1.807) is 7.11 Å². The number of methoxy groups -OCH3 is 1. The maximum atomic E-state index is 13.7. The summed E-state index contributed by atoms with van der Waals surface area (Å²) in [5.74, 6) is 0.718. The largest absolute Gasteiger partial charge is 0.496 e. The molecule has 3 aromatic rings. The highest BCUT2D eigenvalue weighted by molar-refractivity contribution is 7.84. The lowest BCUT2D eigenvalue weighted by atomic mass is 9.93.